The molecule has 6 heteroatoms. The lowest BCUT2D eigenvalue weighted by molar-refractivity contribution is 0.0224. The van der Waals surface area contributed by atoms with Gasteiger partial charge in [0.25, 0.3) is 5.91 Å². The number of ether oxygens (including phenoxy) is 1. The number of carbonyl (C=O) groups excluding carboxylic acids is 1. The number of aromatic nitrogens is 2. The van der Waals surface area contributed by atoms with E-state index in [1.807, 2.05) is 11.2 Å². The number of H-pyrrole nitrogens is 1. The number of nitrogens with one attached hydrogen (secondary N) is 1. The van der Waals surface area contributed by atoms with Gasteiger partial charge in [0, 0.05) is 31.7 Å². The number of aromatic amines is 1. The van der Waals surface area contributed by atoms with Crippen LogP contribution >= 0.6 is 0 Å². The molecule has 1 aliphatic carbocycles. The monoisotopic (exact) mass is 380 g/mol. The molecule has 2 aliphatic heterocycles. The minimum Gasteiger partial charge on any atom is -0.496 e. The lowest BCUT2D eigenvalue weighted by atomic mass is 9.79. The highest BCUT2D eigenvalue weighted by Crippen LogP contribution is 2.41. The Labute approximate surface area is 165 Å². The summed E-state index contributed by atoms with van der Waals surface area (Å²) in [5.74, 6) is 0.817. The second kappa shape index (κ2) is 6.62. The van der Waals surface area contributed by atoms with E-state index in [-0.39, 0.29) is 11.4 Å². The van der Waals surface area contributed by atoms with Crippen LogP contribution in [-0.2, 0) is 24.8 Å². The number of amides is 1. The smallest absolute Gasteiger partial charge is 0.257 e. The Morgan fingerprint density at radius 2 is 1.89 bits per heavy atom. The van der Waals surface area contributed by atoms with E-state index >= 15 is 0 Å². The molecule has 6 nitrogen and oxygen atoms in total. The van der Waals surface area contributed by atoms with E-state index in [0.717, 1.165) is 63.1 Å². The molecule has 0 radical (unpaired) electrons. The number of methoxy groups -OCH3 is 1. The van der Waals surface area contributed by atoms with Gasteiger partial charge in [-0.1, -0.05) is 0 Å². The molecular weight excluding hydrogens is 352 g/mol. The molecule has 5 rings (SSSR count). The van der Waals surface area contributed by atoms with E-state index in [1.54, 1.807) is 7.11 Å². The van der Waals surface area contributed by atoms with Gasteiger partial charge in [0.15, 0.2) is 0 Å². The molecule has 1 spiro atoms. The van der Waals surface area contributed by atoms with Gasteiger partial charge in [-0.25, -0.2) is 4.98 Å². The Morgan fingerprint density at radius 3 is 2.64 bits per heavy atom. The van der Waals surface area contributed by atoms with Crippen molar-refractivity contribution in [2.75, 3.05) is 33.8 Å². The van der Waals surface area contributed by atoms with Crippen molar-refractivity contribution in [3.63, 3.8) is 0 Å². The van der Waals surface area contributed by atoms with Gasteiger partial charge in [-0.15, -0.1) is 0 Å². The summed E-state index contributed by atoms with van der Waals surface area (Å²) in [7, 11) is 3.85. The minimum absolute atomic E-state index is 0.0492. The molecule has 0 bridgehead atoms. The lowest BCUT2D eigenvalue weighted by Gasteiger charge is -2.49. The normalized spacial score (nSPS) is 20.9. The summed E-state index contributed by atoms with van der Waals surface area (Å²) in [6, 6.07) is 4.15. The van der Waals surface area contributed by atoms with Crippen LogP contribution < -0.4 is 4.74 Å². The number of imidazole rings is 1. The number of rotatable bonds is 2. The van der Waals surface area contributed by atoms with Gasteiger partial charge in [0.05, 0.1) is 30.2 Å². The van der Waals surface area contributed by atoms with Gasteiger partial charge >= 0.3 is 0 Å². The van der Waals surface area contributed by atoms with E-state index in [2.05, 4.69) is 34.0 Å². The summed E-state index contributed by atoms with van der Waals surface area (Å²) in [4.78, 5) is 25.7. The predicted octanol–water partition coefficient (Wildman–Crippen LogP) is 2.53. The Hall–Kier alpha value is -2.34. The number of piperidine rings is 1. The Kier molecular flexibility index (Phi) is 4.19. The molecule has 0 atom stereocenters. The molecule has 3 heterocycles. The molecule has 3 aliphatic rings. The zero-order valence-corrected chi connectivity index (χ0v) is 16.8. The minimum atomic E-state index is -0.0492. The number of aryl methyl sites for hydroxylation is 2. The number of nitrogens with zero attached hydrogens (tertiary/aromatic N) is 3. The maximum Gasteiger partial charge on any atom is 0.257 e. The van der Waals surface area contributed by atoms with Crippen molar-refractivity contribution in [3.8, 4) is 5.75 Å². The second-order valence-electron chi connectivity index (χ2n) is 8.40. The summed E-state index contributed by atoms with van der Waals surface area (Å²) in [5.41, 5.74) is 5.76. The number of hydrogen-bond donors (Lipinski definition) is 1. The standard InChI is InChI=1S/C22H28N4O2/c1-25-9-6-18-20(24-14-23-18)22(25)7-10-26(11-8-22)21(27)17-12-15-4-3-5-16(15)13-19(17)28-2/h12-14H,3-11H2,1-2H3,(H,23,24). The van der Waals surface area contributed by atoms with Crippen molar-refractivity contribution >= 4 is 5.91 Å². The molecule has 2 aromatic rings. The van der Waals surface area contributed by atoms with E-state index in [0.29, 0.717) is 0 Å². The number of fused-ring (bicyclic) bond motifs is 3. The molecule has 1 N–H and O–H groups in total. The van der Waals surface area contributed by atoms with Crippen LogP contribution in [0.3, 0.4) is 0 Å². The Morgan fingerprint density at radius 1 is 1.14 bits per heavy atom. The average molecular weight is 380 g/mol. The molecule has 0 saturated carbocycles. The van der Waals surface area contributed by atoms with Crippen molar-refractivity contribution in [1.82, 2.24) is 19.8 Å². The molecule has 1 saturated heterocycles. The Bertz CT molecular complexity index is 911. The van der Waals surface area contributed by atoms with E-state index in [9.17, 15) is 4.79 Å². The number of likely N-dealkylation sites (tertiary alicyclic amines) is 1. The van der Waals surface area contributed by atoms with Gasteiger partial charge in [-0.3, -0.25) is 9.69 Å². The first-order chi connectivity index (χ1) is 13.6. The molecule has 1 aromatic heterocycles. The molecule has 1 aromatic carbocycles. The quantitative estimate of drug-likeness (QED) is 0.870. The zero-order chi connectivity index (χ0) is 19.3. The van der Waals surface area contributed by atoms with Gasteiger partial charge in [-0.2, -0.15) is 0 Å². The Balaban J connectivity index is 1.39. The fourth-order valence-electron chi connectivity index (χ4n) is 5.39. The third kappa shape index (κ3) is 2.58. The van der Waals surface area contributed by atoms with Crippen LogP contribution in [-0.4, -0.2) is 59.5 Å². The maximum atomic E-state index is 13.3. The summed E-state index contributed by atoms with van der Waals surface area (Å²) >= 11 is 0. The fraction of sp³-hybridized carbons (Fsp3) is 0.545. The highest BCUT2D eigenvalue weighted by Gasteiger charge is 2.45. The van der Waals surface area contributed by atoms with E-state index in [4.69, 9.17) is 4.74 Å². The first-order valence-corrected chi connectivity index (χ1v) is 10.4. The van der Waals surface area contributed by atoms with Crippen molar-refractivity contribution in [3.05, 3.63) is 46.5 Å². The van der Waals surface area contributed by atoms with Crippen LogP contribution in [0.15, 0.2) is 18.5 Å². The number of carbonyl (C=O) groups is 1. The van der Waals surface area contributed by atoms with Crippen LogP contribution in [0.4, 0.5) is 0 Å². The van der Waals surface area contributed by atoms with Crippen LogP contribution in [0.5, 0.6) is 5.75 Å². The molecule has 1 amide bonds. The van der Waals surface area contributed by atoms with Gasteiger partial charge < -0.3 is 14.6 Å². The molecule has 148 valence electrons. The largest absolute Gasteiger partial charge is 0.496 e. The van der Waals surface area contributed by atoms with Crippen LogP contribution in [0.1, 0.15) is 52.1 Å². The van der Waals surface area contributed by atoms with Gasteiger partial charge in [0.2, 0.25) is 0 Å². The molecular formula is C22H28N4O2. The number of benzene rings is 1. The average Bonchev–Trinajstić information content (AvgIpc) is 3.39. The third-order valence-corrected chi connectivity index (χ3v) is 7.11. The fourth-order valence-corrected chi connectivity index (χ4v) is 5.39. The number of hydrogen-bond acceptors (Lipinski definition) is 4. The van der Waals surface area contributed by atoms with Crippen molar-refractivity contribution in [1.29, 1.82) is 0 Å². The first-order valence-electron chi connectivity index (χ1n) is 10.4. The van der Waals surface area contributed by atoms with E-state index in [1.165, 1.54) is 28.9 Å². The highest BCUT2D eigenvalue weighted by molar-refractivity contribution is 5.97. The van der Waals surface area contributed by atoms with Crippen molar-refractivity contribution in [2.24, 2.45) is 0 Å². The highest BCUT2D eigenvalue weighted by atomic mass is 16.5. The van der Waals surface area contributed by atoms with Gasteiger partial charge in [-0.05, 0) is 62.4 Å². The third-order valence-electron chi connectivity index (χ3n) is 7.11. The SMILES string of the molecule is COc1cc2c(cc1C(=O)N1CCC3(CC1)c1nc[nH]c1CCN3C)CCC2. The zero-order valence-electron chi connectivity index (χ0n) is 16.8. The molecule has 28 heavy (non-hydrogen) atoms. The van der Waals surface area contributed by atoms with Crippen LogP contribution in [0.25, 0.3) is 0 Å². The van der Waals surface area contributed by atoms with Crippen molar-refractivity contribution in [2.45, 2.75) is 44.1 Å². The van der Waals surface area contributed by atoms with Crippen LogP contribution in [0, 0.1) is 0 Å². The van der Waals surface area contributed by atoms with E-state index < -0.39 is 0 Å². The second-order valence-corrected chi connectivity index (χ2v) is 8.40. The topological polar surface area (TPSA) is 61.5 Å². The van der Waals surface area contributed by atoms with Crippen LogP contribution in [0.2, 0.25) is 0 Å². The first kappa shape index (κ1) is 17.7. The number of likely N-dealkylation sites (N-methyl/N-ethyl adjacent to an activating group) is 1. The lowest BCUT2D eigenvalue weighted by Crippen LogP contribution is -2.55. The molecule has 0 unspecified atom stereocenters. The predicted molar refractivity (Wildman–Crippen MR) is 107 cm³/mol. The van der Waals surface area contributed by atoms with Gasteiger partial charge in [0.1, 0.15) is 5.75 Å². The maximum absolute atomic E-state index is 13.3. The molecule has 1 fully saturated rings. The van der Waals surface area contributed by atoms with Crippen molar-refractivity contribution < 1.29 is 9.53 Å². The summed E-state index contributed by atoms with van der Waals surface area (Å²) in [6.07, 6.45) is 7.99. The summed E-state index contributed by atoms with van der Waals surface area (Å²) in [6.45, 7) is 2.52. The summed E-state index contributed by atoms with van der Waals surface area (Å²) < 4.78 is 5.58. The summed E-state index contributed by atoms with van der Waals surface area (Å²) in [5, 5.41) is 0.